The lowest BCUT2D eigenvalue weighted by molar-refractivity contribution is 1.13. The van der Waals surface area contributed by atoms with E-state index in [4.69, 9.17) is 11.6 Å². The van der Waals surface area contributed by atoms with E-state index < -0.39 is 0 Å². The predicted molar refractivity (Wildman–Crippen MR) is 69.1 cm³/mol. The average molecular weight is 256 g/mol. The van der Waals surface area contributed by atoms with E-state index in [-0.39, 0.29) is 0 Å². The van der Waals surface area contributed by atoms with E-state index in [1.807, 2.05) is 24.4 Å². The zero-order chi connectivity index (χ0) is 10.7. The molecule has 2 rings (SSSR count). The molecule has 0 radical (unpaired) electrons. The molecule has 0 saturated carbocycles. The van der Waals surface area contributed by atoms with Crippen LogP contribution in [0.2, 0.25) is 5.02 Å². The predicted octanol–water partition coefficient (Wildman–Crippen LogP) is 3.82. The fourth-order valence-electron chi connectivity index (χ4n) is 1.32. The molecular weight excluding hydrogens is 246 g/mol. The van der Waals surface area contributed by atoms with Gasteiger partial charge < -0.3 is 0 Å². The molecule has 1 heterocycles. The number of thiol groups is 1. The summed E-state index contributed by atoms with van der Waals surface area (Å²) in [4.78, 5) is 5.54. The maximum Gasteiger partial charge on any atom is 0.0971 e. The number of hydrogen-bond donors (Lipinski definition) is 1. The van der Waals surface area contributed by atoms with E-state index in [2.05, 4.69) is 23.7 Å². The van der Waals surface area contributed by atoms with Gasteiger partial charge in [0, 0.05) is 28.3 Å². The molecule has 0 unspecified atom stereocenters. The summed E-state index contributed by atoms with van der Waals surface area (Å²) in [6.45, 7) is 0. The molecule has 1 aromatic carbocycles. The highest BCUT2D eigenvalue weighted by molar-refractivity contribution is 7.79. The van der Waals surface area contributed by atoms with E-state index in [0.29, 0.717) is 0 Å². The first kappa shape index (κ1) is 11.0. The summed E-state index contributed by atoms with van der Waals surface area (Å²) in [5.74, 6) is 0.757. The second kappa shape index (κ2) is 5.01. The molecule has 78 valence electrons. The zero-order valence-corrected chi connectivity index (χ0v) is 10.4. The fraction of sp³-hybridized carbons (Fsp3) is 0.182. The van der Waals surface area contributed by atoms with Crippen molar-refractivity contribution >= 4 is 35.6 Å². The largest absolute Gasteiger partial charge is 0.249 e. The number of aromatic nitrogens is 1. The molecule has 15 heavy (non-hydrogen) atoms. The van der Waals surface area contributed by atoms with E-state index in [0.717, 1.165) is 22.2 Å². The van der Waals surface area contributed by atoms with Gasteiger partial charge in [0.2, 0.25) is 0 Å². The molecular formula is C11H10ClNS2. The Bertz CT molecular complexity index is 453. The van der Waals surface area contributed by atoms with E-state index in [1.54, 1.807) is 11.3 Å². The molecule has 0 atom stereocenters. The summed E-state index contributed by atoms with van der Waals surface area (Å²) in [7, 11) is 0. The highest BCUT2D eigenvalue weighted by atomic mass is 35.5. The fourth-order valence-corrected chi connectivity index (χ4v) is 2.63. The van der Waals surface area contributed by atoms with E-state index >= 15 is 0 Å². The van der Waals surface area contributed by atoms with Gasteiger partial charge in [0.05, 0.1) is 5.01 Å². The van der Waals surface area contributed by atoms with E-state index in [9.17, 15) is 0 Å². The number of hydrogen-bond acceptors (Lipinski definition) is 3. The molecule has 0 N–H and O–H groups in total. The molecule has 0 saturated heterocycles. The van der Waals surface area contributed by atoms with E-state index in [1.165, 1.54) is 10.4 Å². The van der Waals surface area contributed by atoms with Crippen molar-refractivity contribution in [3.05, 3.63) is 50.9 Å². The van der Waals surface area contributed by atoms with Gasteiger partial charge in [-0.05, 0) is 17.7 Å². The molecule has 1 aromatic heterocycles. The van der Waals surface area contributed by atoms with Gasteiger partial charge in [-0.25, -0.2) is 4.98 Å². The molecule has 1 nitrogen and oxygen atoms in total. The van der Waals surface area contributed by atoms with Crippen molar-refractivity contribution in [1.82, 2.24) is 4.98 Å². The minimum absolute atomic E-state index is 0.757. The summed E-state index contributed by atoms with van der Waals surface area (Å²) in [6.07, 6.45) is 2.73. The smallest absolute Gasteiger partial charge is 0.0971 e. The second-order valence-corrected chi connectivity index (χ2v) is 5.14. The minimum Gasteiger partial charge on any atom is -0.249 e. The van der Waals surface area contributed by atoms with Crippen LogP contribution in [0.4, 0.5) is 0 Å². The van der Waals surface area contributed by atoms with Crippen LogP contribution in [-0.4, -0.2) is 4.98 Å². The lowest BCUT2D eigenvalue weighted by atomic mass is 10.2. The highest BCUT2D eigenvalue weighted by Crippen LogP contribution is 2.19. The van der Waals surface area contributed by atoms with Crippen LogP contribution in [0, 0.1) is 0 Å². The number of benzene rings is 1. The number of nitrogens with zero attached hydrogens (tertiary/aromatic N) is 1. The van der Waals surface area contributed by atoms with Crippen molar-refractivity contribution < 1.29 is 0 Å². The standard InChI is InChI=1S/C11H10ClNS2/c12-9-3-1-2-8(4-9)5-11-13-6-10(7-14)15-11/h1-4,6,14H,5,7H2. The Kier molecular flexibility index (Phi) is 3.67. The zero-order valence-electron chi connectivity index (χ0n) is 7.98. The number of halogens is 1. The molecule has 0 spiro atoms. The van der Waals surface area contributed by atoms with Crippen LogP contribution < -0.4 is 0 Å². The van der Waals surface area contributed by atoms with Gasteiger partial charge in [-0.1, -0.05) is 23.7 Å². The minimum atomic E-state index is 0.757. The van der Waals surface area contributed by atoms with Gasteiger partial charge in [-0.2, -0.15) is 12.6 Å². The Morgan fingerprint density at radius 3 is 2.93 bits per heavy atom. The maximum absolute atomic E-state index is 5.91. The van der Waals surface area contributed by atoms with Gasteiger partial charge in [-0.15, -0.1) is 11.3 Å². The van der Waals surface area contributed by atoms with Crippen molar-refractivity contribution in [3.63, 3.8) is 0 Å². The maximum atomic E-state index is 5.91. The molecule has 0 amide bonds. The first-order valence-corrected chi connectivity index (χ1v) is 6.39. The van der Waals surface area contributed by atoms with Crippen molar-refractivity contribution in [2.75, 3.05) is 0 Å². The van der Waals surface area contributed by atoms with Gasteiger partial charge in [0.1, 0.15) is 0 Å². The molecule has 0 bridgehead atoms. The van der Waals surface area contributed by atoms with Crippen LogP contribution in [0.25, 0.3) is 0 Å². The van der Waals surface area contributed by atoms with Crippen molar-refractivity contribution in [2.45, 2.75) is 12.2 Å². The first-order chi connectivity index (χ1) is 7.28. The number of thiazole rings is 1. The SMILES string of the molecule is SCc1cnc(Cc2cccc(Cl)c2)s1. The Hall–Kier alpha value is -0.510. The summed E-state index contributed by atoms with van der Waals surface area (Å²) < 4.78 is 0. The first-order valence-electron chi connectivity index (χ1n) is 4.57. The Morgan fingerprint density at radius 1 is 1.40 bits per heavy atom. The molecule has 0 aliphatic carbocycles. The summed E-state index contributed by atoms with van der Waals surface area (Å²) >= 11 is 11.8. The van der Waals surface area contributed by atoms with Gasteiger partial charge in [-0.3, -0.25) is 0 Å². The van der Waals surface area contributed by atoms with Crippen LogP contribution in [0.15, 0.2) is 30.5 Å². The van der Waals surface area contributed by atoms with Gasteiger partial charge >= 0.3 is 0 Å². The molecule has 4 heteroatoms. The summed E-state index contributed by atoms with van der Waals surface area (Å²) in [5.41, 5.74) is 1.20. The molecule has 0 aliphatic rings. The summed E-state index contributed by atoms with van der Waals surface area (Å²) in [6, 6.07) is 7.88. The average Bonchev–Trinajstić information content (AvgIpc) is 2.65. The van der Waals surface area contributed by atoms with Crippen LogP contribution in [-0.2, 0) is 12.2 Å². The highest BCUT2D eigenvalue weighted by Gasteiger charge is 2.02. The van der Waals surface area contributed by atoms with Gasteiger partial charge in [0.25, 0.3) is 0 Å². The lowest BCUT2D eigenvalue weighted by Gasteiger charge is -1.97. The molecule has 0 fully saturated rings. The van der Waals surface area contributed by atoms with Crippen LogP contribution in [0.3, 0.4) is 0 Å². The van der Waals surface area contributed by atoms with Crippen molar-refractivity contribution in [1.29, 1.82) is 0 Å². The van der Waals surface area contributed by atoms with Crippen LogP contribution >= 0.6 is 35.6 Å². The molecule has 0 aliphatic heterocycles. The van der Waals surface area contributed by atoms with Crippen LogP contribution in [0.5, 0.6) is 0 Å². The monoisotopic (exact) mass is 255 g/mol. The normalized spacial score (nSPS) is 10.5. The van der Waals surface area contributed by atoms with Crippen LogP contribution in [0.1, 0.15) is 15.4 Å². The Labute approximate surface area is 104 Å². The third-order valence-electron chi connectivity index (χ3n) is 2.00. The molecule has 2 aromatic rings. The Morgan fingerprint density at radius 2 is 2.27 bits per heavy atom. The van der Waals surface area contributed by atoms with Crippen molar-refractivity contribution in [3.8, 4) is 0 Å². The third-order valence-corrected chi connectivity index (χ3v) is 3.79. The Balaban J connectivity index is 2.14. The number of rotatable bonds is 3. The quantitative estimate of drug-likeness (QED) is 0.823. The third kappa shape index (κ3) is 2.97. The van der Waals surface area contributed by atoms with Gasteiger partial charge in [0.15, 0.2) is 0 Å². The van der Waals surface area contributed by atoms with Crippen molar-refractivity contribution in [2.24, 2.45) is 0 Å². The summed E-state index contributed by atoms with van der Waals surface area (Å²) in [5, 5.41) is 1.89. The second-order valence-electron chi connectivity index (χ2n) is 3.19. The topological polar surface area (TPSA) is 12.9 Å². The lowest BCUT2D eigenvalue weighted by Crippen LogP contribution is -1.85.